The maximum absolute atomic E-state index is 12.2. The number of carbonyl (C=O) groups excluding carboxylic acids is 3. The molecule has 3 amide bonds. The minimum Gasteiger partial charge on any atom is -0.439 e. The van der Waals surface area contributed by atoms with Crippen LogP contribution < -0.4 is 0 Å². The molecule has 0 spiro atoms. The number of likely N-dealkylation sites (tertiary alicyclic amines) is 1. The average molecular weight is 279 g/mol. The van der Waals surface area contributed by atoms with Crippen LogP contribution in [0.1, 0.15) is 22.7 Å². The highest BCUT2D eigenvalue weighted by Crippen LogP contribution is 2.21. The monoisotopic (exact) mass is 279 g/mol. The number of aromatic nitrogens is 1. The Morgan fingerprint density at radius 3 is 2.85 bits per heavy atom. The third-order valence-corrected chi connectivity index (χ3v) is 3.45. The molecule has 3 heterocycles. The van der Waals surface area contributed by atoms with Crippen LogP contribution in [0.25, 0.3) is 0 Å². The van der Waals surface area contributed by atoms with Crippen molar-refractivity contribution in [3.8, 4) is 0 Å². The number of carbonyl (C=O) groups is 3. The van der Waals surface area contributed by atoms with Gasteiger partial charge in [0.25, 0.3) is 11.8 Å². The fraction of sp³-hybridized carbons (Fsp3) is 0.500. The second kappa shape index (κ2) is 4.62. The molecule has 0 N–H and O–H groups in total. The minimum absolute atomic E-state index is 0.217. The molecule has 8 heteroatoms. The van der Waals surface area contributed by atoms with Crippen LogP contribution in [0.15, 0.2) is 10.6 Å². The smallest absolute Gasteiger partial charge is 0.417 e. The van der Waals surface area contributed by atoms with Crippen LogP contribution in [-0.4, -0.2) is 58.6 Å². The molecule has 2 aliphatic heterocycles. The van der Waals surface area contributed by atoms with Gasteiger partial charge in [-0.1, -0.05) is 5.16 Å². The summed E-state index contributed by atoms with van der Waals surface area (Å²) in [6, 6.07) is 1.24. The molecule has 0 aliphatic carbocycles. The van der Waals surface area contributed by atoms with Crippen LogP contribution in [0, 0.1) is 6.92 Å². The highest BCUT2D eigenvalue weighted by molar-refractivity contribution is 5.98. The molecule has 0 radical (unpaired) electrons. The van der Waals surface area contributed by atoms with E-state index in [1.165, 1.54) is 0 Å². The molecular formula is C12H13N3O5. The van der Waals surface area contributed by atoms with E-state index in [1.54, 1.807) is 17.9 Å². The van der Waals surface area contributed by atoms with Crippen LogP contribution in [0.2, 0.25) is 0 Å². The van der Waals surface area contributed by atoms with E-state index in [0.717, 1.165) is 4.90 Å². The number of hydrogen-bond donors (Lipinski definition) is 0. The van der Waals surface area contributed by atoms with E-state index in [2.05, 4.69) is 9.89 Å². The van der Waals surface area contributed by atoms with Gasteiger partial charge in [0.05, 0.1) is 6.04 Å². The highest BCUT2D eigenvalue weighted by atomic mass is 16.6. The molecule has 1 aromatic heterocycles. The summed E-state index contributed by atoms with van der Waals surface area (Å²) in [7, 11) is 0. The van der Waals surface area contributed by atoms with Crippen molar-refractivity contribution in [3.63, 3.8) is 0 Å². The number of aryl methyl sites for hydroxylation is 1. The first-order chi connectivity index (χ1) is 9.56. The molecular weight excluding hydrogens is 266 g/mol. The maximum atomic E-state index is 12.2. The van der Waals surface area contributed by atoms with Gasteiger partial charge in [0.1, 0.15) is 5.76 Å². The molecule has 8 nitrogen and oxygen atoms in total. The number of ether oxygens (including phenoxy) is 1. The summed E-state index contributed by atoms with van der Waals surface area (Å²) in [5, 5.41) is 3.67. The Bertz CT molecular complexity index is 565. The predicted molar refractivity (Wildman–Crippen MR) is 63.7 cm³/mol. The largest absolute Gasteiger partial charge is 0.439 e. The molecule has 3 rings (SSSR count). The SMILES string of the molecule is Cc1cc(C(=O)N2CC[C@H](N3C(=O)COC3=O)C2)no1. The quantitative estimate of drug-likeness (QED) is 0.766. The molecule has 2 saturated heterocycles. The van der Waals surface area contributed by atoms with E-state index >= 15 is 0 Å². The van der Waals surface area contributed by atoms with E-state index in [0.29, 0.717) is 25.3 Å². The molecule has 1 aromatic rings. The summed E-state index contributed by atoms with van der Waals surface area (Å²) in [5.74, 6) is -0.0571. The van der Waals surface area contributed by atoms with Crippen molar-refractivity contribution in [2.45, 2.75) is 19.4 Å². The van der Waals surface area contributed by atoms with Gasteiger partial charge in [-0.2, -0.15) is 0 Å². The third kappa shape index (κ3) is 2.02. The second-order valence-corrected chi connectivity index (χ2v) is 4.83. The van der Waals surface area contributed by atoms with Gasteiger partial charge >= 0.3 is 6.09 Å². The minimum atomic E-state index is -0.633. The fourth-order valence-corrected chi connectivity index (χ4v) is 2.48. The third-order valence-electron chi connectivity index (χ3n) is 3.45. The number of rotatable bonds is 2. The lowest BCUT2D eigenvalue weighted by Gasteiger charge is -2.19. The molecule has 0 unspecified atom stereocenters. The van der Waals surface area contributed by atoms with Gasteiger partial charge in [-0.05, 0) is 13.3 Å². The van der Waals surface area contributed by atoms with Crippen molar-refractivity contribution in [1.82, 2.24) is 15.0 Å². The number of cyclic esters (lactones) is 1. The van der Waals surface area contributed by atoms with Crippen molar-refractivity contribution in [1.29, 1.82) is 0 Å². The van der Waals surface area contributed by atoms with Crippen LogP contribution in [-0.2, 0) is 9.53 Å². The summed E-state index contributed by atoms with van der Waals surface area (Å²) >= 11 is 0. The Kier molecular flexibility index (Phi) is 2.92. The molecule has 106 valence electrons. The van der Waals surface area contributed by atoms with Crippen LogP contribution in [0.4, 0.5) is 4.79 Å². The van der Waals surface area contributed by atoms with E-state index in [9.17, 15) is 14.4 Å². The Hall–Kier alpha value is -2.38. The molecule has 20 heavy (non-hydrogen) atoms. The normalized spacial score (nSPS) is 22.6. The zero-order valence-corrected chi connectivity index (χ0v) is 10.9. The zero-order chi connectivity index (χ0) is 14.3. The highest BCUT2D eigenvalue weighted by Gasteiger charge is 2.41. The topological polar surface area (TPSA) is 93.0 Å². The second-order valence-electron chi connectivity index (χ2n) is 4.83. The Morgan fingerprint density at radius 2 is 2.25 bits per heavy atom. The van der Waals surface area contributed by atoms with E-state index < -0.39 is 6.09 Å². The van der Waals surface area contributed by atoms with Gasteiger partial charge in [-0.15, -0.1) is 0 Å². The average Bonchev–Trinajstić information content (AvgIpc) is 3.10. The van der Waals surface area contributed by atoms with E-state index in [4.69, 9.17) is 4.52 Å². The standard InChI is InChI=1S/C12H13N3O5/c1-7-4-9(13-20-7)11(17)14-3-2-8(5-14)15-10(16)6-19-12(15)18/h4,8H,2-3,5-6H2,1H3/t8-/m0/s1. The van der Waals surface area contributed by atoms with E-state index in [-0.39, 0.29) is 30.2 Å². The van der Waals surface area contributed by atoms with Crippen molar-refractivity contribution in [2.24, 2.45) is 0 Å². The molecule has 0 aromatic carbocycles. The van der Waals surface area contributed by atoms with Crippen molar-refractivity contribution in [2.75, 3.05) is 19.7 Å². The van der Waals surface area contributed by atoms with Gasteiger partial charge in [-0.25, -0.2) is 9.69 Å². The van der Waals surface area contributed by atoms with Gasteiger partial charge < -0.3 is 14.2 Å². The Balaban J connectivity index is 1.69. The first kappa shape index (κ1) is 12.6. The summed E-state index contributed by atoms with van der Waals surface area (Å²) in [5.41, 5.74) is 0.235. The van der Waals surface area contributed by atoms with E-state index in [1.807, 2.05) is 0 Å². The van der Waals surface area contributed by atoms with Crippen LogP contribution >= 0.6 is 0 Å². The molecule has 0 bridgehead atoms. The van der Waals surface area contributed by atoms with Crippen LogP contribution in [0.3, 0.4) is 0 Å². The predicted octanol–water partition coefficient (Wildman–Crippen LogP) is 0.176. The van der Waals surface area contributed by atoms with Gasteiger partial charge in [0.15, 0.2) is 12.3 Å². The molecule has 2 fully saturated rings. The van der Waals surface area contributed by atoms with Crippen molar-refractivity contribution < 1.29 is 23.6 Å². The zero-order valence-electron chi connectivity index (χ0n) is 10.9. The lowest BCUT2D eigenvalue weighted by molar-refractivity contribution is -0.127. The lowest BCUT2D eigenvalue weighted by atomic mass is 10.2. The summed E-state index contributed by atoms with van der Waals surface area (Å²) in [6.07, 6.45) is -0.0877. The molecule has 1 atom stereocenters. The number of hydrogen-bond acceptors (Lipinski definition) is 6. The Morgan fingerprint density at radius 1 is 1.45 bits per heavy atom. The number of nitrogens with zero attached hydrogens (tertiary/aromatic N) is 3. The van der Waals surface area contributed by atoms with Crippen molar-refractivity contribution in [3.05, 3.63) is 17.5 Å². The van der Waals surface area contributed by atoms with Gasteiger partial charge in [0.2, 0.25) is 0 Å². The van der Waals surface area contributed by atoms with Gasteiger partial charge in [0, 0.05) is 19.2 Å². The van der Waals surface area contributed by atoms with Crippen molar-refractivity contribution >= 4 is 17.9 Å². The first-order valence-electron chi connectivity index (χ1n) is 6.27. The first-order valence-corrected chi connectivity index (χ1v) is 6.27. The number of amides is 3. The molecule has 0 saturated carbocycles. The number of imide groups is 1. The lowest BCUT2D eigenvalue weighted by Crippen LogP contribution is -2.42. The fourth-order valence-electron chi connectivity index (χ4n) is 2.48. The molecule has 2 aliphatic rings. The maximum Gasteiger partial charge on any atom is 0.417 e. The summed E-state index contributed by atoms with van der Waals surface area (Å²) in [4.78, 5) is 37.9. The summed E-state index contributed by atoms with van der Waals surface area (Å²) < 4.78 is 9.55. The Labute approximate surface area is 114 Å². The van der Waals surface area contributed by atoms with Crippen LogP contribution in [0.5, 0.6) is 0 Å². The van der Waals surface area contributed by atoms with Gasteiger partial charge in [-0.3, -0.25) is 9.59 Å². The summed E-state index contributed by atoms with van der Waals surface area (Å²) in [6.45, 7) is 2.25.